The van der Waals surface area contributed by atoms with E-state index in [1.54, 1.807) is 12.1 Å². The van der Waals surface area contributed by atoms with Crippen molar-refractivity contribution in [2.24, 2.45) is 5.73 Å². The predicted molar refractivity (Wildman–Crippen MR) is 76.2 cm³/mol. The van der Waals surface area contributed by atoms with Gasteiger partial charge in [-0.25, -0.2) is 0 Å². The minimum absolute atomic E-state index is 0.117. The Kier molecular flexibility index (Phi) is 3.31. The van der Waals surface area contributed by atoms with Gasteiger partial charge in [-0.15, -0.1) is 0 Å². The van der Waals surface area contributed by atoms with Crippen molar-refractivity contribution in [1.82, 2.24) is 0 Å². The van der Waals surface area contributed by atoms with Gasteiger partial charge in [-0.05, 0) is 58.4 Å². The van der Waals surface area contributed by atoms with Crippen LogP contribution < -0.4 is 11.1 Å². The Morgan fingerprint density at radius 1 is 1.26 bits per heavy atom. The molecule has 4 heteroatoms. The highest BCUT2D eigenvalue weighted by molar-refractivity contribution is 5.93. The number of anilines is 1. The van der Waals surface area contributed by atoms with Crippen LogP contribution in [-0.4, -0.2) is 23.2 Å². The van der Waals surface area contributed by atoms with Gasteiger partial charge in [-0.2, -0.15) is 0 Å². The number of nitrogens with two attached hydrogens (primary N) is 1. The first-order valence-electron chi connectivity index (χ1n) is 6.56. The molecule has 1 aromatic carbocycles. The molecule has 0 spiro atoms. The molecule has 4 nitrogen and oxygen atoms in total. The van der Waals surface area contributed by atoms with Gasteiger partial charge in [0, 0.05) is 11.3 Å². The van der Waals surface area contributed by atoms with Crippen LogP contribution in [0, 0.1) is 0 Å². The van der Waals surface area contributed by atoms with E-state index >= 15 is 0 Å². The van der Waals surface area contributed by atoms with Crippen LogP contribution >= 0.6 is 0 Å². The molecule has 1 atom stereocenters. The molecule has 1 heterocycles. The number of carbonyl (C=O) groups excluding carboxylic acids is 1. The lowest BCUT2D eigenvalue weighted by molar-refractivity contribution is -0.0662. The predicted octanol–water partition coefficient (Wildman–Crippen LogP) is 2.54. The number of nitrogens with one attached hydrogen (secondary N) is 1. The minimum atomic E-state index is -0.405. The number of primary amides is 1. The molecule has 1 saturated heterocycles. The quantitative estimate of drug-likeness (QED) is 0.879. The highest BCUT2D eigenvalue weighted by atomic mass is 16.5. The maximum atomic E-state index is 11.0. The highest BCUT2D eigenvalue weighted by Crippen LogP contribution is 2.38. The van der Waals surface area contributed by atoms with Crippen LogP contribution in [0.5, 0.6) is 0 Å². The monoisotopic (exact) mass is 262 g/mol. The SMILES string of the molecule is CC1(C)CC(Nc2ccc(C(N)=O)cc2)C(C)(C)O1. The fourth-order valence-electron chi connectivity index (χ4n) is 2.72. The number of ether oxygens (including phenoxy) is 1. The Hall–Kier alpha value is -1.55. The standard InChI is InChI=1S/C15H22N2O2/c1-14(2)9-12(15(3,4)19-14)17-11-7-5-10(6-8-11)13(16)18/h5-8,12,17H,9H2,1-4H3,(H2,16,18). The van der Waals surface area contributed by atoms with Crippen LogP contribution in [0.15, 0.2) is 24.3 Å². The second-order valence-electron chi connectivity index (χ2n) is 6.31. The van der Waals surface area contributed by atoms with E-state index in [2.05, 4.69) is 33.0 Å². The second kappa shape index (κ2) is 4.53. The van der Waals surface area contributed by atoms with Gasteiger partial charge in [0.05, 0.1) is 17.2 Å². The lowest BCUT2D eigenvalue weighted by Gasteiger charge is -2.28. The first-order valence-corrected chi connectivity index (χ1v) is 6.56. The molecule has 1 unspecified atom stereocenters. The topological polar surface area (TPSA) is 64.3 Å². The summed E-state index contributed by atoms with van der Waals surface area (Å²) in [6.07, 6.45) is 0.942. The summed E-state index contributed by atoms with van der Waals surface area (Å²) >= 11 is 0. The van der Waals surface area contributed by atoms with E-state index in [4.69, 9.17) is 10.5 Å². The number of amides is 1. The summed E-state index contributed by atoms with van der Waals surface area (Å²) in [5, 5.41) is 3.48. The number of hydrogen-bond acceptors (Lipinski definition) is 3. The second-order valence-corrected chi connectivity index (χ2v) is 6.31. The number of benzene rings is 1. The smallest absolute Gasteiger partial charge is 0.248 e. The van der Waals surface area contributed by atoms with Gasteiger partial charge >= 0.3 is 0 Å². The number of hydrogen-bond donors (Lipinski definition) is 2. The Morgan fingerprint density at radius 3 is 2.26 bits per heavy atom. The molecule has 1 fully saturated rings. The molecule has 0 aromatic heterocycles. The van der Waals surface area contributed by atoms with Gasteiger partial charge in [0.2, 0.25) is 5.91 Å². The van der Waals surface area contributed by atoms with Crippen molar-refractivity contribution in [3.8, 4) is 0 Å². The summed E-state index contributed by atoms with van der Waals surface area (Å²) in [5.74, 6) is -0.405. The summed E-state index contributed by atoms with van der Waals surface area (Å²) in [4.78, 5) is 11.0. The molecule has 1 aliphatic heterocycles. The van der Waals surface area contributed by atoms with Gasteiger partial charge in [-0.3, -0.25) is 4.79 Å². The van der Waals surface area contributed by atoms with E-state index in [1.165, 1.54) is 0 Å². The van der Waals surface area contributed by atoms with Gasteiger partial charge in [0.15, 0.2) is 0 Å². The molecule has 0 saturated carbocycles. The minimum Gasteiger partial charge on any atom is -0.379 e. The number of carbonyl (C=O) groups is 1. The van der Waals surface area contributed by atoms with Crippen molar-refractivity contribution in [1.29, 1.82) is 0 Å². The van der Waals surface area contributed by atoms with E-state index in [0.717, 1.165) is 12.1 Å². The average molecular weight is 262 g/mol. The third kappa shape index (κ3) is 3.07. The van der Waals surface area contributed by atoms with E-state index in [1.807, 2.05) is 12.1 Å². The van der Waals surface area contributed by atoms with Crippen molar-refractivity contribution in [2.75, 3.05) is 5.32 Å². The summed E-state index contributed by atoms with van der Waals surface area (Å²) in [5.41, 5.74) is 6.39. The molecule has 1 aliphatic rings. The largest absolute Gasteiger partial charge is 0.379 e. The maximum Gasteiger partial charge on any atom is 0.248 e. The molecular formula is C15H22N2O2. The van der Waals surface area contributed by atoms with E-state index in [-0.39, 0.29) is 17.2 Å². The van der Waals surface area contributed by atoms with Gasteiger partial charge < -0.3 is 15.8 Å². The van der Waals surface area contributed by atoms with Gasteiger partial charge in [-0.1, -0.05) is 0 Å². The van der Waals surface area contributed by atoms with Crippen molar-refractivity contribution in [3.63, 3.8) is 0 Å². The van der Waals surface area contributed by atoms with E-state index in [9.17, 15) is 4.79 Å². The van der Waals surface area contributed by atoms with Crippen molar-refractivity contribution in [2.45, 2.75) is 51.4 Å². The molecule has 1 amide bonds. The Bertz CT molecular complexity index is 477. The van der Waals surface area contributed by atoms with E-state index < -0.39 is 5.91 Å². The Balaban J connectivity index is 2.11. The third-order valence-electron chi connectivity index (χ3n) is 3.58. The highest BCUT2D eigenvalue weighted by Gasteiger charge is 2.45. The summed E-state index contributed by atoms with van der Waals surface area (Å²) in [6.45, 7) is 8.40. The van der Waals surface area contributed by atoms with Crippen LogP contribution in [0.2, 0.25) is 0 Å². The van der Waals surface area contributed by atoms with Crippen LogP contribution in [0.3, 0.4) is 0 Å². The maximum absolute atomic E-state index is 11.0. The first-order chi connectivity index (χ1) is 8.70. The third-order valence-corrected chi connectivity index (χ3v) is 3.58. The Morgan fingerprint density at radius 2 is 1.84 bits per heavy atom. The lowest BCUT2D eigenvalue weighted by atomic mass is 9.94. The van der Waals surface area contributed by atoms with Crippen molar-refractivity contribution >= 4 is 11.6 Å². The first kappa shape index (κ1) is 13.9. The summed E-state index contributed by atoms with van der Waals surface area (Å²) < 4.78 is 6.05. The summed E-state index contributed by atoms with van der Waals surface area (Å²) in [6, 6.07) is 7.46. The Labute approximate surface area is 114 Å². The fourth-order valence-corrected chi connectivity index (χ4v) is 2.72. The van der Waals surface area contributed by atoms with Crippen LogP contribution in [0.4, 0.5) is 5.69 Å². The van der Waals surface area contributed by atoms with Gasteiger partial charge in [0.1, 0.15) is 0 Å². The van der Waals surface area contributed by atoms with Crippen LogP contribution in [0.25, 0.3) is 0 Å². The molecule has 2 rings (SSSR count). The molecule has 3 N–H and O–H groups in total. The van der Waals surface area contributed by atoms with Crippen molar-refractivity contribution in [3.05, 3.63) is 29.8 Å². The molecule has 1 aromatic rings. The van der Waals surface area contributed by atoms with Crippen LogP contribution in [0.1, 0.15) is 44.5 Å². The molecule has 0 bridgehead atoms. The molecular weight excluding hydrogens is 240 g/mol. The van der Waals surface area contributed by atoms with Gasteiger partial charge in [0.25, 0.3) is 0 Å². The van der Waals surface area contributed by atoms with Crippen LogP contribution in [-0.2, 0) is 4.74 Å². The lowest BCUT2D eigenvalue weighted by Crippen LogP contribution is -2.38. The molecule has 0 aliphatic carbocycles. The molecule has 104 valence electrons. The fraction of sp³-hybridized carbons (Fsp3) is 0.533. The zero-order chi connectivity index (χ0) is 14.3. The molecule has 0 radical (unpaired) electrons. The zero-order valence-corrected chi connectivity index (χ0v) is 12.0. The average Bonchev–Trinajstić information content (AvgIpc) is 2.47. The number of rotatable bonds is 3. The van der Waals surface area contributed by atoms with Crippen molar-refractivity contribution < 1.29 is 9.53 Å². The normalized spacial score (nSPS) is 24.1. The summed E-state index contributed by atoms with van der Waals surface area (Å²) in [7, 11) is 0. The molecule has 19 heavy (non-hydrogen) atoms. The van der Waals surface area contributed by atoms with E-state index in [0.29, 0.717) is 5.56 Å². The zero-order valence-electron chi connectivity index (χ0n) is 12.0.